The summed E-state index contributed by atoms with van der Waals surface area (Å²) >= 11 is 1.37. The van der Waals surface area contributed by atoms with Crippen molar-refractivity contribution >= 4 is 40.4 Å². The number of aliphatic hydroxyl groups is 1. The fraction of sp³-hybridized carbons (Fsp3) is 0.278. The zero-order valence-electron chi connectivity index (χ0n) is 14.0. The van der Waals surface area contributed by atoms with Gasteiger partial charge in [-0.05, 0) is 36.1 Å². The number of anilines is 2. The summed E-state index contributed by atoms with van der Waals surface area (Å²) in [6.45, 7) is 0.604. The number of aliphatic hydroxyl groups excluding tert-OH is 1. The summed E-state index contributed by atoms with van der Waals surface area (Å²) < 4.78 is 0. The van der Waals surface area contributed by atoms with Gasteiger partial charge in [0.1, 0.15) is 6.10 Å². The minimum atomic E-state index is -0.851. The van der Waals surface area contributed by atoms with E-state index in [0.717, 1.165) is 6.42 Å². The summed E-state index contributed by atoms with van der Waals surface area (Å²) in [5.41, 5.74) is 1.12. The van der Waals surface area contributed by atoms with Crippen molar-refractivity contribution in [1.82, 2.24) is 5.32 Å². The van der Waals surface area contributed by atoms with Crippen molar-refractivity contribution in [2.24, 2.45) is 0 Å². The standard InChI is InChI=1S/C18H19N3O4S/c22-14(15-6-3-9-26-15)11-19-17(24)18(25)20-12-4-1-5-13(10-12)21-8-2-7-16(21)23/h1,3-6,9-10,14,22H,2,7-8,11H2,(H,19,24)(H,20,25). The summed E-state index contributed by atoms with van der Waals surface area (Å²) in [6, 6.07) is 10.4. The SMILES string of the molecule is O=C(NCC(O)c1cccs1)C(=O)Nc1cccc(N2CCCC2=O)c1. The van der Waals surface area contributed by atoms with E-state index in [1.165, 1.54) is 11.3 Å². The third-order valence-electron chi connectivity index (χ3n) is 4.02. The predicted molar refractivity (Wildman–Crippen MR) is 98.9 cm³/mol. The maximum absolute atomic E-state index is 12.0. The number of carbonyl (C=O) groups excluding carboxylic acids is 3. The molecule has 0 spiro atoms. The van der Waals surface area contributed by atoms with E-state index in [2.05, 4.69) is 10.6 Å². The van der Waals surface area contributed by atoms with E-state index in [1.54, 1.807) is 41.3 Å². The molecule has 1 unspecified atom stereocenters. The summed E-state index contributed by atoms with van der Waals surface area (Å²) in [4.78, 5) is 38.1. The van der Waals surface area contributed by atoms with Crippen LogP contribution in [0.3, 0.4) is 0 Å². The van der Waals surface area contributed by atoms with Gasteiger partial charge < -0.3 is 20.6 Å². The first-order valence-corrected chi connectivity index (χ1v) is 9.13. The second kappa shape index (κ2) is 8.11. The average molecular weight is 373 g/mol. The van der Waals surface area contributed by atoms with E-state index in [0.29, 0.717) is 29.2 Å². The Morgan fingerprint density at radius 2 is 2.08 bits per heavy atom. The molecule has 1 aromatic heterocycles. The first kappa shape index (κ1) is 18.1. The molecule has 0 bridgehead atoms. The predicted octanol–water partition coefficient (Wildman–Crippen LogP) is 1.66. The van der Waals surface area contributed by atoms with Crippen LogP contribution in [0.1, 0.15) is 23.8 Å². The summed E-state index contributed by atoms with van der Waals surface area (Å²) in [6.07, 6.45) is 0.479. The van der Waals surface area contributed by atoms with Gasteiger partial charge >= 0.3 is 11.8 Å². The number of rotatable bonds is 5. The normalized spacial score (nSPS) is 15.0. The molecule has 8 heteroatoms. The first-order chi connectivity index (χ1) is 12.5. The lowest BCUT2D eigenvalue weighted by atomic mass is 10.2. The van der Waals surface area contributed by atoms with E-state index >= 15 is 0 Å². The number of thiophene rings is 1. The highest BCUT2D eigenvalue weighted by molar-refractivity contribution is 7.10. The fourth-order valence-corrected chi connectivity index (χ4v) is 3.42. The van der Waals surface area contributed by atoms with Crippen LogP contribution in [0.5, 0.6) is 0 Å². The van der Waals surface area contributed by atoms with Gasteiger partial charge in [0.2, 0.25) is 5.91 Å². The molecule has 2 aromatic rings. The molecule has 1 atom stereocenters. The van der Waals surface area contributed by atoms with Gasteiger partial charge in [0.05, 0.1) is 0 Å². The van der Waals surface area contributed by atoms with Crippen LogP contribution in [0.15, 0.2) is 41.8 Å². The molecule has 26 heavy (non-hydrogen) atoms. The maximum atomic E-state index is 12.0. The van der Waals surface area contributed by atoms with Gasteiger partial charge in [-0.1, -0.05) is 12.1 Å². The van der Waals surface area contributed by atoms with Crippen molar-refractivity contribution in [3.05, 3.63) is 46.7 Å². The quantitative estimate of drug-likeness (QED) is 0.694. The van der Waals surface area contributed by atoms with Gasteiger partial charge in [-0.2, -0.15) is 0 Å². The lowest BCUT2D eigenvalue weighted by molar-refractivity contribution is -0.136. The van der Waals surface area contributed by atoms with E-state index in [9.17, 15) is 19.5 Å². The van der Waals surface area contributed by atoms with Crippen LogP contribution in [-0.2, 0) is 14.4 Å². The number of amides is 3. The van der Waals surface area contributed by atoms with Crippen molar-refractivity contribution in [2.45, 2.75) is 18.9 Å². The average Bonchev–Trinajstić information content (AvgIpc) is 3.31. The number of benzene rings is 1. The van der Waals surface area contributed by atoms with Crippen LogP contribution in [0.2, 0.25) is 0 Å². The Morgan fingerprint density at radius 3 is 2.77 bits per heavy atom. The minimum Gasteiger partial charge on any atom is -0.386 e. The Morgan fingerprint density at radius 1 is 1.23 bits per heavy atom. The molecular formula is C18H19N3O4S. The minimum absolute atomic E-state index is 0.0465. The zero-order valence-corrected chi connectivity index (χ0v) is 14.8. The molecule has 3 N–H and O–H groups in total. The molecule has 0 saturated carbocycles. The van der Waals surface area contributed by atoms with Crippen molar-refractivity contribution in [3.63, 3.8) is 0 Å². The van der Waals surface area contributed by atoms with Crippen LogP contribution in [-0.4, -0.2) is 35.9 Å². The summed E-state index contributed by atoms with van der Waals surface area (Å²) in [5, 5.41) is 16.7. The molecule has 3 amide bonds. The fourth-order valence-electron chi connectivity index (χ4n) is 2.71. The molecule has 136 valence electrons. The third kappa shape index (κ3) is 4.27. The highest BCUT2D eigenvalue weighted by Gasteiger charge is 2.22. The highest BCUT2D eigenvalue weighted by atomic mass is 32.1. The molecule has 1 saturated heterocycles. The van der Waals surface area contributed by atoms with Gasteiger partial charge in [0, 0.05) is 35.8 Å². The highest BCUT2D eigenvalue weighted by Crippen LogP contribution is 2.24. The molecule has 3 rings (SSSR count). The monoisotopic (exact) mass is 373 g/mol. The third-order valence-corrected chi connectivity index (χ3v) is 5.00. The number of hydrogen-bond acceptors (Lipinski definition) is 5. The zero-order chi connectivity index (χ0) is 18.5. The van der Waals surface area contributed by atoms with E-state index in [4.69, 9.17) is 0 Å². The first-order valence-electron chi connectivity index (χ1n) is 8.25. The smallest absolute Gasteiger partial charge is 0.313 e. The van der Waals surface area contributed by atoms with Gasteiger partial charge in [-0.25, -0.2) is 0 Å². The Bertz CT molecular complexity index is 807. The van der Waals surface area contributed by atoms with Crippen LogP contribution < -0.4 is 15.5 Å². The second-order valence-electron chi connectivity index (χ2n) is 5.89. The van der Waals surface area contributed by atoms with Gasteiger partial charge in [0.15, 0.2) is 0 Å². The second-order valence-corrected chi connectivity index (χ2v) is 6.87. The van der Waals surface area contributed by atoms with Gasteiger partial charge in [0.25, 0.3) is 0 Å². The van der Waals surface area contributed by atoms with Crippen molar-refractivity contribution in [3.8, 4) is 0 Å². The van der Waals surface area contributed by atoms with Gasteiger partial charge in [-0.15, -0.1) is 11.3 Å². The summed E-state index contributed by atoms with van der Waals surface area (Å²) in [5.74, 6) is -1.61. The molecule has 1 fully saturated rings. The van der Waals surface area contributed by atoms with Gasteiger partial charge in [-0.3, -0.25) is 14.4 Å². The van der Waals surface area contributed by atoms with E-state index in [1.807, 2.05) is 5.38 Å². The molecule has 7 nitrogen and oxygen atoms in total. The lowest BCUT2D eigenvalue weighted by Crippen LogP contribution is -2.37. The molecule has 2 heterocycles. The molecule has 1 aliphatic heterocycles. The van der Waals surface area contributed by atoms with Crippen LogP contribution >= 0.6 is 11.3 Å². The molecule has 1 aliphatic rings. The maximum Gasteiger partial charge on any atom is 0.313 e. The van der Waals surface area contributed by atoms with Crippen molar-refractivity contribution < 1.29 is 19.5 Å². The number of nitrogens with one attached hydrogen (secondary N) is 2. The molecule has 0 radical (unpaired) electrons. The van der Waals surface area contributed by atoms with Crippen LogP contribution in [0.4, 0.5) is 11.4 Å². The van der Waals surface area contributed by atoms with Crippen molar-refractivity contribution in [2.75, 3.05) is 23.3 Å². The van der Waals surface area contributed by atoms with Crippen LogP contribution in [0.25, 0.3) is 0 Å². The van der Waals surface area contributed by atoms with E-state index in [-0.39, 0.29) is 12.5 Å². The molecule has 0 aliphatic carbocycles. The Balaban J connectivity index is 1.55. The largest absolute Gasteiger partial charge is 0.386 e. The van der Waals surface area contributed by atoms with Crippen LogP contribution in [0, 0.1) is 0 Å². The summed E-state index contributed by atoms with van der Waals surface area (Å²) in [7, 11) is 0. The number of hydrogen-bond donors (Lipinski definition) is 3. The molecular weight excluding hydrogens is 354 g/mol. The Labute approximate surface area is 154 Å². The molecule has 1 aromatic carbocycles. The lowest BCUT2D eigenvalue weighted by Gasteiger charge is -2.16. The van der Waals surface area contributed by atoms with E-state index < -0.39 is 17.9 Å². The number of nitrogens with zero attached hydrogens (tertiary/aromatic N) is 1. The van der Waals surface area contributed by atoms with Crippen molar-refractivity contribution in [1.29, 1.82) is 0 Å². The number of carbonyl (C=O) groups is 3. The topological polar surface area (TPSA) is 98.7 Å². The Kier molecular flexibility index (Phi) is 5.65. The Hall–Kier alpha value is -2.71.